The van der Waals surface area contributed by atoms with E-state index in [2.05, 4.69) is 13.8 Å². The molecule has 1 heterocycles. The van der Waals surface area contributed by atoms with Crippen molar-refractivity contribution in [3.8, 4) is 5.75 Å². The number of Topliss-reactive ketones (excluding diaryl/α,β-unsaturated/α-hetero) is 1. The zero-order valence-electron chi connectivity index (χ0n) is 19.1. The summed E-state index contributed by atoms with van der Waals surface area (Å²) in [5, 5.41) is 0. The summed E-state index contributed by atoms with van der Waals surface area (Å²) in [6, 6.07) is 17.3. The molecule has 0 bridgehead atoms. The highest BCUT2D eigenvalue weighted by Gasteiger charge is 2.41. The number of allylic oxidation sites excluding steroid dienone is 1. The van der Waals surface area contributed by atoms with E-state index in [-0.39, 0.29) is 48.8 Å². The average Bonchev–Trinajstić information content (AvgIpc) is 2.84. The molecule has 1 fully saturated rings. The van der Waals surface area contributed by atoms with Gasteiger partial charge in [-0.3, -0.25) is 4.79 Å². The largest absolute Gasteiger partial charge is 0.493 e. The van der Waals surface area contributed by atoms with Crippen molar-refractivity contribution in [3.05, 3.63) is 77.7 Å². The summed E-state index contributed by atoms with van der Waals surface area (Å²) >= 11 is 0. The Labute approximate surface area is 194 Å². The molecule has 4 rings (SSSR count). The van der Waals surface area contributed by atoms with Crippen LogP contribution in [0.25, 0.3) is 0 Å². The molecule has 1 aliphatic carbocycles. The van der Waals surface area contributed by atoms with E-state index in [4.69, 9.17) is 18.9 Å². The van der Waals surface area contributed by atoms with Crippen LogP contribution >= 0.6 is 0 Å². The Morgan fingerprint density at radius 1 is 1.06 bits per heavy atom. The van der Waals surface area contributed by atoms with Gasteiger partial charge in [0.25, 0.3) is 0 Å². The quantitative estimate of drug-likeness (QED) is 0.531. The molecule has 3 unspecified atom stereocenters. The maximum atomic E-state index is 13.0. The number of esters is 1. The molecule has 0 saturated heterocycles. The van der Waals surface area contributed by atoms with Crippen molar-refractivity contribution >= 4 is 11.8 Å². The Hall–Kier alpha value is -3.12. The summed E-state index contributed by atoms with van der Waals surface area (Å²) in [6.45, 7) is 4.29. The third-order valence-corrected chi connectivity index (χ3v) is 6.11. The zero-order chi connectivity index (χ0) is 23.2. The first-order valence-corrected chi connectivity index (χ1v) is 11.5. The highest BCUT2D eigenvalue weighted by Crippen LogP contribution is 2.36. The predicted molar refractivity (Wildman–Crippen MR) is 122 cm³/mol. The van der Waals surface area contributed by atoms with Gasteiger partial charge >= 0.3 is 5.97 Å². The van der Waals surface area contributed by atoms with Crippen molar-refractivity contribution in [1.29, 1.82) is 0 Å². The zero-order valence-corrected chi connectivity index (χ0v) is 19.1. The Bertz CT molecular complexity index is 997. The monoisotopic (exact) mass is 450 g/mol. The van der Waals surface area contributed by atoms with E-state index >= 15 is 0 Å². The minimum atomic E-state index is -0.402. The van der Waals surface area contributed by atoms with Gasteiger partial charge in [0.2, 0.25) is 11.5 Å². The molecule has 0 amide bonds. The van der Waals surface area contributed by atoms with Crippen LogP contribution in [-0.4, -0.2) is 30.6 Å². The topological polar surface area (TPSA) is 71.1 Å². The fourth-order valence-corrected chi connectivity index (χ4v) is 4.29. The van der Waals surface area contributed by atoms with Crippen LogP contribution in [0.2, 0.25) is 0 Å². The molecule has 0 aromatic heterocycles. The molecule has 0 spiro atoms. The smallest absolute Gasteiger partial charge is 0.332 e. The summed E-state index contributed by atoms with van der Waals surface area (Å²) in [5.41, 5.74) is 1.98. The first-order valence-electron chi connectivity index (χ1n) is 11.5. The second-order valence-corrected chi connectivity index (χ2v) is 8.81. The van der Waals surface area contributed by atoms with E-state index < -0.39 is 5.97 Å². The Kier molecular flexibility index (Phi) is 7.45. The second kappa shape index (κ2) is 10.7. The van der Waals surface area contributed by atoms with Gasteiger partial charge in [-0.25, -0.2) is 4.79 Å². The third kappa shape index (κ3) is 5.82. The highest BCUT2D eigenvalue weighted by atomic mass is 16.6. The molecule has 6 nitrogen and oxygen atoms in total. The van der Waals surface area contributed by atoms with E-state index in [1.54, 1.807) is 0 Å². The van der Waals surface area contributed by atoms with Crippen LogP contribution in [0.15, 0.2) is 66.6 Å². The minimum absolute atomic E-state index is 0.0365. The molecule has 3 atom stereocenters. The molecule has 174 valence electrons. The number of carbonyl (C=O) groups is 2. The highest BCUT2D eigenvalue weighted by molar-refractivity contribution is 5.96. The molecule has 2 aromatic carbocycles. The number of hydrogen-bond donors (Lipinski definition) is 0. The molecule has 33 heavy (non-hydrogen) atoms. The number of ketones is 1. The van der Waals surface area contributed by atoms with Crippen LogP contribution in [0.1, 0.15) is 50.2 Å². The summed E-state index contributed by atoms with van der Waals surface area (Å²) in [4.78, 5) is 25.1. The summed E-state index contributed by atoms with van der Waals surface area (Å²) < 4.78 is 22.9. The Morgan fingerprint density at radius 3 is 2.61 bits per heavy atom. The third-order valence-electron chi connectivity index (χ3n) is 6.11. The van der Waals surface area contributed by atoms with Gasteiger partial charge in [-0.1, -0.05) is 62.4 Å². The van der Waals surface area contributed by atoms with E-state index in [1.165, 1.54) is 6.26 Å². The van der Waals surface area contributed by atoms with Crippen LogP contribution in [0.4, 0.5) is 0 Å². The van der Waals surface area contributed by atoms with Gasteiger partial charge in [-0.2, -0.15) is 0 Å². The maximum Gasteiger partial charge on any atom is 0.332 e. The fourth-order valence-electron chi connectivity index (χ4n) is 4.29. The first-order chi connectivity index (χ1) is 16.0. The van der Waals surface area contributed by atoms with Gasteiger partial charge in [0.1, 0.15) is 31.3 Å². The molecular weight excluding hydrogens is 420 g/mol. The predicted octanol–water partition coefficient (Wildman–Crippen LogP) is 4.93. The Morgan fingerprint density at radius 2 is 1.82 bits per heavy atom. The molecule has 1 aliphatic heterocycles. The SMILES string of the molecule is CC(C)c1ccccc1OC1=COC2CC(OCC(=O)OCc3ccccc3)CCC2C1=O. The van der Waals surface area contributed by atoms with Gasteiger partial charge in [0.15, 0.2) is 0 Å². The molecule has 0 N–H and O–H groups in total. The van der Waals surface area contributed by atoms with Gasteiger partial charge in [0, 0.05) is 6.42 Å². The lowest BCUT2D eigenvalue weighted by Crippen LogP contribution is -2.43. The lowest BCUT2D eigenvalue weighted by atomic mass is 9.80. The van der Waals surface area contributed by atoms with Crippen molar-refractivity contribution in [3.63, 3.8) is 0 Å². The average molecular weight is 451 g/mol. The number of hydrogen-bond acceptors (Lipinski definition) is 6. The van der Waals surface area contributed by atoms with Gasteiger partial charge in [-0.15, -0.1) is 0 Å². The summed E-state index contributed by atoms with van der Waals surface area (Å²) in [5.74, 6) is 0.502. The molecule has 2 aliphatic rings. The second-order valence-electron chi connectivity index (χ2n) is 8.81. The summed E-state index contributed by atoms with van der Waals surface area (Å²) in [6.07, 6.45) is 2.86. The van der Waals surface area contributed by atoms with Crippen molar-refractivity contribution < 1.29 is 28.5 Å². The van der Waals surface area contributed by atoms with Crippen LogP contribution < -0.4 is 4.74 Å². The maximum absolute atomic E-state index is 13.0. The Balaban J connectivity index is 1.28. The number of carbonyl (C=O) groups excluding carboxylic acids is 2. The van der Waals surface area contributed by atoms with Crippen molar-refractivity contribution in [2.24, 2.45) is 5.92 Å². The number of fused-ring (bicyclic) bond motifs is 1. The summed E-state index contributed by atoms with van der Waals surface area (Å²) in [7, 11) is 0. The lowest BCUT2D eigenvalue weighted by Gasteiger charge is -2.37. The van der Waals surface area contributed by atoms with E-state index in [0.717, 1.165) is 11.1 Å². The van der Waals surface area contributed by atoms with Crippen molar-refractivity contribution in [2.45, 2.75) is 57.8 Å². The standard InChI is InChI=1S/C27H30O6/c1-18(2)21-10-6-7-11-23(21)33-25-16-31-24-14-20(12-13-22(24)27(25)29)30-17-26(28)32-15-19-8-4-3-5-9-19/h3-11,16,18,20,22,24H,12-15,17H2,1-2H3. The van der Waals surface area contributed by atoms with Gasteiger partial charge in [-0.05, 0) is 36.0 Å². The van der Waals surface area contributed by atoms with Crippen LogP contribution in [-0.2, 0) is 30.4 Å². The minimum Gasteiger partial charge on any atom is -0.493 e. The van der Waals surface area contributed by atoms with E-state index in [1.807, 2.05) is 54.6 Å². The fraction of sp³-hybridized carbons (Fsp3) is 0.407. The molecule has 0 radical (unpaired) electrons. The first kappa shape index (κ1) is 23.1. The molecule has 1 saturated carbocycles. The van der Waals surface area contributed by atoms with Crippen LogP contribution in [0.3, 0.4) is 0 Å². The van der Waals surface area contributed by atoms with Crippen molar-refractivity contribution in [2.75, 3.05) is 6.61 Å². The number of benzene rings is 2. The molecule has 6 heteroatoms. The van der Waals surface area contributed by atoms with Crippen LogP contribution in [0.5, 0.6) is 5.75 Å². The van der Waals surface area contributed by atoms with Crippen molar-refractivity contribution in [1.82, 2.24) is 0 Å². The molecule has 2 aromatic rings. The number of ether oxygens (including phenoxy) is 4. The van der Waals surface area contributed by atoms with Gasteiger partial charge in [0.05, 0.1) is 12.0 Å². The van der Waals surface area contributed by atoms with E-state index in [0.29, 0.717) is 25.0 Å². The van der Waals surface area contributed by atoms with Gasteiger partial charge < -0.3 is 18.9 Å². The van der Waals surface area contributed by atoms with E-state index in [9.17, 15) is 9.59 Å². The molecular formula is C27H30O6. The lowest BCUT2D eigenvalue weighted by molar-refractivity contribution is -0.156. The normalized spacial score (nSPS) is 22.2. The van der Waals surface area contributed by atoms with Crippen LogP contribution in [0, 0.1) is 5.92 Å². The number of para-hydroxylation sites is 1. The number of rotatable bonds is 8.